The minimum absolute atomic E-state index is 0.155. The van der Waals surface area contributed by atoms with E-state index in [1.807, 2.05) is 0 Å². The van der Waals surface area contributed by atoms with Gasteiger partial charge in [-0.2, -0.15) is 13.2 Å². The molecule has 0 fully saturated rings. The second kappa shape index (κ2) is 6.22. The fourth-order valence-electron chi connectivity index (χ4n) is 1.06. The number of rotatable bonds is 5. The Morgan fingerprint density at radius 3 is 2.55 bits per heavy atom. The number of ether oxygens (including phenoxy) is 1. The highest BCUT2D eigenvalue weighted by molar-refractivity contribution is 6.03. The molecular formula is C11H11F3N2O4. The van der Waals surface area contributed by atoms with E-state index in [1.165, 1.54) is 13.0 Å². The minimum Gasteiger partial charge on any atom is -0.481 e. The molecule has 0 radical (unpaired) electrons. The summed E-state index contributed by atoms with van der Waals surface area (Å²) < 4.78 is 40.0. The number of carboxylic acid groups (broad SMARTS) is 1. The lowest BCUT2D eigenvalue weighted by atomic mass is 10.1. The first-order valence-electron chi connectivity index (χ1n) is 5.38. The zero-order valence-electron chi connectivity index (χ0n) is 10.3. The van der Waals surface area contributed by atoms with Crippen molar-refractivity contribution in [1.29, 1.82) is 0 Å². The van der Waals surface area contributed by atoms with E-state index in [0.717, 1.165) is 12.3 Å². The van der Waals surface area contributed by atoms with Gasteiger partial charge in [0, 0.05) is 6.07 Å². The van der Waals surface area contributed by atoms with Gasteiger partial charge < -0.3 is 15.2 Å². The van der Waals surface area contributed by atoms with Crippen LogP contribution in [0.4, 0.5) is 18.9 Å². The van der Waals surface area contributed by atoms with Gasteiger partial charge in [-0.25, -0.2) is 4.98 Å². The number of nitrogens with zero attached hydrogens (tertiary/aromatic N) is 1. The maximum absolute atomic E-state index is 11.9. The molecular weight excluding hydrogens is 281 g/mol. The van der Waals surface area contributed by atoms with Crippen molar-refractivity contribution in [3.05, 3.63) is 18.3 Å². The van der Waals surface area contributed by atoms with Gasteiger partial charge in [-0.1, -0.05) is 0 Å². The van der Waals surface area contributed by atoms with Gasteiger partial charge in [-0.05, 0) is 13.0 Å². The molecule has 6 nitrogen and oxygen atoms in total. The van der Waals surface area contributed by atoms with Gasteiger partial charge in [-0.15, -0.1) is 0 Å². The number of hydrogen-bond acceptors (Lipinski definition) is 4. The predicted molar refractivity (Wildman–Crippen MR) is 61.2 cm³/mol. The summed E-state index contributed by atoms with van der Waals surface area (Å²) in [4.78, 5) is 25.5. The van der Waals surface area contributed by atoms with Crippen molar-refractivity contribution >= 4 is 17.6 Å². The predicted octanol–water partition coefficient (Wildman–Crippen LogP) is 1.68. The summed E-state index contributed by atoms with van der Waals surface area (Å²) in [6.07, 6.45) is -3.40. The second-order valence-corrected chi connectivity index (χ2v) is 3.84. The van der Waals surface area contributed by atoms with Crippen molar-refractivity contribution in [2.45, 2.75) is 13.1 Å². The first-order valence-corrected chi connectivity index (χ1v) is 5.38. The molecule has 1 amide bonds. The van der Waals surface area contributed by atoms with Crippen molar-refractivity contribution in [3.63, 3.8) is 0 Å². The molecule has 20 heavy (non-hydrogen) atoms. The van der Waals surface area contributed by atoms with Gasteiger partial charge in [0.05, 0.1) is 11.9 Å². The third-order valence-corrected chi connectivity index (χ3v) is 2.15. The molecule has 0 aliphatic rings. The maximum atomic E-state index is 11.9. The van der Waals surface area contributed by atoms with E-state index in [-0.39, 0.29) is 11.6 Å². The van der Waals surface area contributed by atoms with E-state index < -0.39 is 30.6 Å². The molecule has 9 heteroatoms. The Bertz CT molecular complexity index is 487. The van der Waals surface area contributed by atoms with Crippen molar-refractivity contribution < 1.29 is 32.6 Å². The van der Waals surface area contributed by atoms with Crippen molar-refractivity contribution in [2.75, 3.05) is 11.9 Å². The van der Waals surface area contributed by atoms with Crippen molar-refractivity contribution in [2.24, 2.45) is 5.92 Å². The molecule has 0 aliphatic heterocycles. The summed E-state index contributed by atoms with van der Waals surface area (Å²) in [5, 5.41) is 10.9. The molecule has 0 saturated carbocycles. The fourth-order valence-corrected chi connectivity index (χ4v) is 1.06. The van der Waals surface area contributed by atoms with Gasteiger partial charge in [-0.3, -0.25) is 9.59 Å². The van der Waals surface area contributed by atoms with Crippen LogP contribution in [0.5, 0.6) is 5.88 Å². The topological polar surface area (TPSA) is 88.5 Å². The molecule has 0 saturated heterocycles. The number of pyridine rings is 1. The Kier molecular flexibility index (Phi) is 4.89. The molecule has 0 aromatic carbocycles. The largest absolute Gasteiger partial charge is 0.481 e. The molecule has 110 valence electrons. The van der Waals surface area contributed by atoms with Crippen LogP contribution < -0.4 is 10.1 Å². The Labute approximate surface area is 111 Å². The van der Waals surface area contributed by atoms with E-state index in [1.54, 1.807) is 0 Å². The first-order chi connectivity index (χ1) is 9.19. The highest BCUT2D eigenvalue weighted by Crippen LogP contribution is 2.18. The molecule has 1 aromatic rings. The summed E-state index contributed by atoms with van der Waals surface area (Å²) in [7, 11) is 0. The molecule has 0 aliphatic carbocycles. The van der Waals surface area contributed by atoms with Gasteiger partial charge in [0.25, 0.3) is 0 Å². The fraction of sp³-hybridized carbons (Fsp3) is 0.364. The van der Waals surface area contributed by atoms with Crippen LogP contribution >= 0.6 is 0 Å². The van der Waals surface area contributed by atoms with Gasteiger partial charge in [0.15, 0.2) is 6.61 Å². The van der Waals surface area contributed by atoms with E-state index in [0.29, 0.717) is 0 Å². The lowest BCUT2D eigenvalue weighted by Gasteiger charge is -2.10. The van der Waals surface area contributed by atoms with E-state index in [9.17, 15) is 22.8 Å². The highest BCUT2D eigenvalue weighted by Gasteiger charge is 2.28. The van der Waals surface area contributed by atoms with Crippen LogP contribution in [0.2, 0.25) is 0 Å². The molecule has 1 heterocycles. The van der Waals surface area contributed by atoms with Crippen molar-refractivity contribution in [3.8, 4) is 5.88 Å². The minimum atomic E-state index is -4.47. The molecule has 1 atom stereocenters. The molecule has 2 N–H and O–H groups in total. The van der Waals surface area contributed by atoms with Crippen LogP contribution in [0.3, 0.4) is 0 Å². The zero-order valence-corrected chi connectivity index (χ0v) is 10.3. The maximum Gasteiger partial charge on any atom is 0.422 e. The third kappa shape index (κ3) is 5.12. The number of alkyl halides is 3. The Morgan fingerprint density at radius 1 is 1.45 bits per heavy atom. The number of halogens is 3. The Balaban J connectivity index is 2.59. The first kappa shape index (κ1) is 15.7. The van der Waals surface area contributed by atoms with Crippen LogP contribution in [0.1, 0.15) is 6.92 Å². The van der Waals surface area contributed by atoms with Gasteiger partial charge >= 0.3 is 12.1 Å². The lowest BCUT2D eigenvalue weighted by molar-refractivity contribution is -0.154. The number of anilines is 1. The zero-order chi connectivity index (χ0) is 15.3. The number of carboxylic acids is 1. The number of aromatic nitrogens is 1. The number of nitrogens with one attached hydrogen (secondary N) is 1. The molecule has 1 unspecified atom stereocenters. The standard InChI is InChI=1S/C11H11F3N2O4/c1-6(10(18)19)9(17)16-7-2-3-8(15-4-7)20-5-11(12,13)14/h2-4,6H,5H2,1H3,(H,16,17)(H,18,19). The highest BCUT2D eigenvalue weighted by atomic mass is 19.4. The SMILES string of the molecule is CC(C(=O)O)C(=O)Nc1ccc(OCC(F)(F)F)nc1. The van der Waals surface area contributed by atoms with E-state index in [2.05, 4.69) is 15.0 Å². The van der Waals surface area contributed by atoms with Crippen molar-refractivity contribution in [1.82, 2.24) is 4.98 Å². The van der Waals surface area contributed by atoms with Crippen LogP contribution in [0.15, 0.2) is 18.3 Å². The molecule has 0 bridgehead atoms. The summed E-state index contributed by atoms with van der Waals surface area (Å²) in [5.74, 6) is -3.56. The van der Waals surface area contributed by atoms with Crippen LogP contribution in [0.25, 0.3) is 0 Å². The normalized spacial score (nSPS) is 12.6. The Hall–Kier alpha value is -2.32. The molecule has 1 aromatic heterocycles. The monoisotopic (exact) mass is 292 g/mol. The van der Waals surface area contributed by atoms with Crippen LogP contribution in [0, 0.1) is 5.92 Å². The molecule has 1 rings (SSSR count). The number of carbonyl (C=O) groups is 2. The smallest absolute Gasteiger partial charge is 0.422 e. The summed E-state index contributed by atoms with van der Waals surface area (Å²) in [6.45, 7) is -0.270. The van der Waals surface area contributed by atoms with Crippen LogP contribution in [-0.2, 0) is 9.59 Å². The number of aliphatic carboxylic acids is 1. The average Bonchev–Trinajstić information content (AvgIpc) is 2.36. The Morgan fingerprint density at radius 2 is 2.10 bits per heavy atom. The van der Waals surface area contributed by atoms with Crippen LogP contribution in [-0.4, -0.2) is 34.8 Å². The molecule has 0 spiro atoms. The quantitative estimate of drug-likeness (QED) is 0.806. The van der Waals surface area contributed by atoms with Gasteiger partial charge in [0.1, 0.15) is 5.92 Å². The summed E-state index contributed by atoms with van der Waals surface area (Å²) in [6, 6.07) is 2.39. The number of hydrogen-bond donors (Lipinski definition) is 2. The average molecular weight is 292 g/mol. The third-order valence-electron chi connectivity index (χ3n) is 2.15. The van der Waals surface area contributed by atoms with Gasteiger partial charge in [0.2, 0.25) is 11.8 Å². The van der Waals surface area contributed by atoms with E-state index >= 15 is 0 Å². The number of carbonyl (C=O) groups excluding carboxylic acids is 1. The number of amides is 1. The second-order valence-electron chi connectivity index (χ2n) is 3.84. The lowest BCUT2D eigenvalue weighted by Crippen LogP contribution is -2.26. The summed E-state index contributed by atoms with van der Waals surface area (Å²) >= 11 is 0. The van der Waals surface area contributed by atoms with E-state index in [4.69, 9.17) is 5.11 Å². The summed E-state index contributed by atoms with van der Waals surface area (Å²) in [5.41, 5.74) is 0.155.